The van der Waals surface area contributed by atoms with Crippen molar-refractivity contribution in [3.8, 4) is 0 Å². The van der Waals surface area contributed by atoms with E-state index in [1.165, 1.54) is 12.8 Å². The molecule has 0 aliphatic heterocycles. The van der Waals surface area contributed by atoms with Crippen molar-refractivity contribution in [2.75, 3.05) is 17.6 Å². The molecule has 0 saturated carbocycles. The van der Waals surface area contributed by atoms with Crippen LogP contribution in [0.4, 0.5) is 11.4 Å². The summed E-state index contributed by atoms with van der Waals surface area (Å²) in [5.41, 5.74) is 7.89. The molecule has 1 rings (SSSR count). The molecule has 0 amide bonds. The van der Waals surface area contributed by atoms with Gasteiger partial charge in [0.2, 0.25) is 0 Å². The maximum atomic E-state index is 11.1. The topological polar surface area (TPSA) is 75.3 Å². The van der Waals surface area contributed by atoms with Crippen LogP contribution >= 0.6 is 0 Å². The first-order chi connectivity index (χ1) is 8.91. The highest BCUT2D eigenvalue weighted by atomic mass is 16.4. The third-order valence-corrected chi connectivity index (χ3v) is 3.15. The summed E-state index contributed by atoms with van der Waals surface area (Å²) < 4.78 is 0. The number of rotatable bonds is 7. The van der Waals surface area contributed by atoms with Crippen LogP contribution in [-0.2, 0) is 0 Å². The number of hydrogen-bond acceptors (Lipinski definition) is 3. The molecule has 0 spiro atoms. The van der Waals surface area contributed by atoms with Gasteiger partial charge in [-0.25, -0.2) is 4.79 Å². The maximum Gasteiger partial charge on any atom is 0.337 e. The Morgan fingerprint density at radius 2 is 2.05 bits per heavy atom. The summed E-state index contributed by atoms with van der Waals surface area (Å²) in [7, 11) is 0. The number of hydrogen-bond donors (Lipinski definition) is 3. The van der Waals surface area contributed by atoms with Gasteiger partial charge in [0.05, 0.1) is 5.56 Å². The normalized spacial score (nSPS) is 10.7. The molecule has 106 valence electrons. The van der Waals surface area contributed by atoms with Gasteiger partial charge in [-0.15, -0.1) is 0 Å². The predicted octanol–water partition coefficient (Wildman–Crippen LogP) is 3.51. The lowest BCUT2D eigenvalue weighted by Gasteiger charge is -2.11. The van der Waals surface area contributed by atoms with E-state index >= 15 is 0 Å². The number of carbonyl (C=O) groups is 1. The van der Waals surface area contributed by atoms with Crippen LogP contribution in [0.3, 0.4) is 0 Å². The van der Waals surface area contributed by atoms with Gasteiger partial charge in [0.15, 0.2) is 0 Å². The number of benzene rings is 1. The van der Waals surface area contributed by atoms with E-state index in [9.17, 15) is 4.79 Å². The fourth-order valence-electron chi connectivity index (χ4n) is 1.99. The minimum absolute atomic E-state index is 0.171. The van der Waals surface area contributed by atoms with Crippen LogP contribution in [0.1, 0.15) is 49.0 Å². The lowest BCUT2D eigenvalue weighted by molar-refractivity contribution is 0.0698. The van der Waals surface area contributed by atoms with Crippen molar-refractivity contribution >= 4 is 17.3 Å². The number of anilines is 2. The van der Waals surface area contributed by atoms with Crippen LogP contribution in [0.2, 0.25) is 0 Å². The molecule has 4 heteroatoms. The second-order valence-corrected chi connectivity index (χ2v) is 5.38. The fraction of sp³-hybridized carbons (Fsp3) is 0.533. The van der Waals surface area contributed by atoms with Crippen molar-refractivity contribution in [1.82, 2.24) is 0 Å². The number of carboxylic acid groups (broad SMARTS) is 1. The van der Waals surface area contributed by atoms with Crippen molar-refractivity contribution in [2.45, 2.75) is 40.0 Å². The Hall–Kier alpha value is -1.71. The molecule has 0 aromatic heterocycles. The highest BCUT2D eigenvalue weighted by Crippen LogP contribution is 2.23. The van der Waals surface area contributed by atoms with Crippen LogP contribution < -0.4 is 11.1 Å². The zero-order chi connectivity index (χ0) is 14.4. The zero-order valence-electron chi connectivity index (χ0n) is 12.0. The molecule has 0 fully saturated rings. The van der Waals surface area contributed by atoms with Gasteiger partial charge in [-0.1, -0.05) is 26.7 Å². The van der Waals surface area contributed by atoms with E-state index in [2.05, 4.69) is 19.2 Å². The standard InChI is InChI=1S/C15H24N2O2/c1-10(2)6-4-5-7-17-12-8-11(3)14(16)13(9-12)15(18)19/h8-10,17H,4-7,16H2,1-3H3,(H,18,19). The summed E-state index contributed by atoms with van der Waals surface area (Å²) in [6.45, 7) is 7.12. The van der Waals surface area contributed by atoms with E-state index in [0.29, 0.717) is 5.69 Å². The van der Waals surface area contributed by atoms with Crippen molar-refractivity contribution in [3.63, 3.8) is 0 Å². The highest BCUT2D eigenvalue weighted by molar-refractivity contribution is 5.95. The quantitative estimate of drug-likeness (QED) is 0.520. The molecule has 0 saturated heterocycles. The molecular formula is C15H24N2O2. The minimum atomic E-state index is -0.982. The molecule has 0 heterocycles. The van der Waals surface area contributed by atoms with Crippen LogP contribution in [-0.4, -0.2) is 17.6 Å². The molecule has 19 heavy (non-hydrogen) atoms. The Kier molecular flexibility index (Phi) is 5.67. The third kappa shape index (κ3) is 4.81. The number of carboxylic acids is 1. The van der Waals surface area contributed by atoms with Gasteiger partial charge in [-0.2, -0.15) is 0 Å². The molecule has 0 aliphatic carbocycles. The first-order valence-electron chi connectivity index (χ1n) is 6.79. The summed E-state index contributed by atoms with van der Waals surface area (Å²) in [6, 6.07) is 3.50. The molecule has 0 unspecified atom stereocenters. The molecule has 4 nitrogen and oxygen atoms in total. The average molecular weight is 264 g/mol. The number of nitrogens with one attached hydrogen (secondary N) is 1. The summed E-state index contributed by atoms with van der Waals surface area (Å²) >= 11 is 0. The van der Waals surface area contributed by atoms with Gasteiger partial charge in [0.1, 0.15) is 0 Å². The van der Waals surface area contributed by atoms with Crippen LogP contribution in [0.15, 0.2) is 12.1 Å². The maximum absolute atomic E-state index is 11.1. The van der Waals surface area contributed by atoms with Gasteiger partial charge in [-0.05, 0) is 37.0 Å². The first-order valence-corrected chi connectivity index (χ1v) is 6.79. The van der Waals surface area contributed by atoms with Crippen LogP contribution in [0, 0.1) is 12.8 Å². The van der Waals surface area contributed by atoms with E-state index in [-0.39, 0.29) is 5.56 Å². The highest BCUT2D eigenvalue weighted by Gasteiger charge is 2.11. The predicted molar refractivity (Wildman–Crippen MR) is 79.7 cm³/mol. The zero-order valence-corrected chi connectivity index (χ0v) is 12.0. The summed E-state index contributed by atoms with van der Waals surface area (Å²) in [4.78, 5) is 11.1. The lowest BCUT2D eigenvalue weighted by atomic mass is 10.1. The summed E-state index contributed by atoms with van der Waals surface area (Å²) in [5, 5.41) is 12.3. The van der Waals surface area contributed by atoms with Crippen molar-refractivity contribution in [3.05, 3.63) is 23.3 Å². The second kappa shape index (κ2) is 7.02. The van der Waals surface area contributed by atoms with Crippen molar-refractivity contribution < 1.29 is 9.90 Å². The summed E-state index contributed by atoms with van der Waals surface area (Å²) in [5.74, 6) is -0.249. The molecule has 4 N–H and O–H groups in total. The van der Waals surface area contributed by atoms with Gasteiger partial charge in [0, 0.05) is 17.9 Å². The van der Waals surface area contributed by atoms with E-state index < -0.39 is 5.97 Å². The molecule has 1 aromatic carbocycles. The second-order valence-electron chi connectivity index (χ2n) is 5.38. The molecule has 0 bridgehead atoms. The number of nitrogen functional groups attached to an aromatic ring is 1. The number of aromatic carboxylic acids is 1. The fourth-order valence-corrected chi connectivity index (χ4v) is 1.99. The molecular weight excluding hydrogens is 240 g/mol. The SMILES string of the molecule is Cc1cc(NCCCCC(C)C)cc(C(=O)O)c1N. The summed E-state index contributed by atoms with van der Waals surface area (Å²) in [6.07, 6.45) is 3.50. The molecule has 0 atom stereocenters. The van der Waals surface area contributed by atoms with E-state index in [1.54, 1.807) is 6.07 Å². The van der Waals surface area contributed by atoms with Crippen LogP contribution in [0.25, 0.3) is 0 Å². The Balaban J connectivity index is 2.57. The van der Waals surface area contributed by atoms with Crippen molar-refractivity contribution in [2.24, 2.45) is 5.92 Å². The Bertz CT molecular complexity index is 442. The average Bonchev–Trinajstić information content (AvgIpc) is 2.32. The number of nitrogens with two attached hydrogens (primary N) is 1. The number of unbranched alkanes of at least 4 members (excludes halogenated alkanes) is 1. The van der Waals surface area contributed by atoms with Gasteiger partial charge >= 0.3 is 5.97 Å². The molecule has 0 radical (unpaired) electrons. The lowest BCUT2D eigenvalue weighted by Crippen LogP contribution is -2.08. The van der Waals surface area contributed by atoms with E-state index in [0.717, 1.165) is 30.1 Å². The number of aryl methyl sites for hydroxylation is 1. The van der Waals surface area contributed by atoms with Gasteiger partial charge in [0.25, 0.3) is 0 Å². The Morgan fingerprint density at radius 1 is 1.37 bits per heavy atom. The third-order valence-electron chi connectivity index (χ3n) is 3.15. The van der Waals surface area contributed by atoms with E-state index in [4.69, 9.17) is 10.8 Å². The Morgan fingerprint density at radius 3 is 2.63 bits per heavy atom. The minimum Gasteiger partial charge on any atom is -0.478 e. The molecule has 0 aliphatic rings. The van der Waals surface area contributed by atoms with Gasteiger partial charge in [-0.3, -0.25) is 0 Å². The Labute approximate surface area is 115 Å². The van der Waals surface area contributed by atoms with Crippen LogP contribution in [0.5, 0.6) is 0 Å². The largest absolute Gasteiger partial charge is 0.478 e. The monoisotopic (exact) mass is 264 g/mol. The smallest absolute Gasteiger partial charge is 0.337 e. The van der Waals surface area contributed by atoms with Gasteiger partial charge < -0.3 is 16.2 Å². The first kappa shape index (κ1) is 15.3. The molecule has 1 aromatic rings. The van der Waals surface area contributed by atoms with Crippen molar-refractivity contribution in [1.29, 1.82) is 0 Å². The van der Waals surface area contributed by atoms with E-state index in [1.807, 2.05) is 13.0 Å².